The zero-order valence-corrected chi connectivity index (χ0v) is 11.4. The minimum absolute atomic E-state index is 0.0245. The molecule has 0 bridgehead atoms. The Morgan fingerprint density at radius 1 is 1.28 bits per heavy atom. The molecule has 0 aliphatic heterocycles. The zero-order chi connectivity index (χ0) is 12.7. The summed E-state index contributed by atoms with van der Waals surface area (Å²) in [5, 5.41) is 12.2. The summed E-state index contributed by atoms with van der Waals surface area (Å²) < 4.78 is 6.10. The van der Waals surface area contributed by atoms with Gasteiger partial charge in [0.25, 0.3) is 0 Å². The molecule has 0 spiro atoms. The van der Waals surface area contributed by atoms with Crippen LogP contribution in [0.4, 0.5) is 0 Å². The van der Waals surface area contributed by atoms with E-state index in [0.717, 1.165) is 9.35 Å². The highest BCUT2D eigenvalue weighted by Crippen LogP contribution is 2.31. The van der Waals surface area contributed by atoms with Crippen LogP contribution in [-0.2, 0) is 0 Å². The Hall–Kier alpha value is -1.59. The Labute approximate surface area is 114 Å². The van der Waals surface area contributed by atoms with Crippen LogP contribution >= 0.6 is 27.3 Å². The number of phenolic OH excluding ortho intramolecular Hbond substituents is 1. The van der Waals surface area contributed by atoms with E-state index < -0.39 is 5.63 Å². The zero-order valence-electron chi connectivity index (χ0n) is 9.01. The molecule has 3 rings (SSSR count). The minimum atomic E-state index is -0.446. The van der Waals surface area contributed by atoms with Crippen molar-refractivity contribution >= 4 is 38.2 Å². The lowest BCUT2D eigenvalue weighted by molar-refractivity contribution is 0.457. The topological polar surface area (TPSA) is 50.4 Å². The number of para-hydroxylation sites is 1. The molecule has 18 heavy (non-hydrogen) atoms. The van der Waals surface area contributed by atoms with Crippen LogP contribution in [-0.4, -0.2) is 5.11 Å². The monoisotopic (exact) mass is 322 g/mol. The van der Waals surface area contributed by atoms with Gasteiger partial charge in [0, 0.05) is 20.1 Å². The number of hydrogen-bond donors (Lipinski definition) is 1. The summed E-state index contributed by atoms with van der Waals surface area (Å²) >= 11 is 4.81. The van der Waals surface area contributed by atoms with E-state index in [2.05, 4.69) is 15.9 Å². The average molecular weight is 323 g/mol. The lowest BCUT2D eigenvalue weighted by atomic mass is 10.1. The SMILES string of the molecule is O=c1oc2c(O)cccc2cc1-c1cc(Br)cs1. The van der Waals surface area contributed by atoms with E-state index in [9.17, 15) is 9.90 Å². The van der Waals surface area contributed by atoms with E-state index in [1.165, 1.54) is 17.4 Å². The van der Waals surface area contributed by atoms with E-state index >= 15 is 0 Å². The largest absolute Gasteiger partial charge is 0.504 e. The maximum Gasteiger partial charge on any atom is 0.345 e. The molecule has 1 aromatic carbocycles. The number of rotatable bonds is 1. The summed E-state index contributed by atoms with van der Waals surface area (Å²) in [5.41, 5.74) is 0.282. The first-order chi connectivity index (χ1) is 8.65. The van der Waals surface area contributed by atoms with E-state index in [0.29, 0.717) is 10.9 Å². The van der Waals surface area contributed by atoms with Gasteiger partial charge in [-0.2, -0.15) is 0 Å². The molecule has 2 aromatic heterocycles. The molecule has 0 radical (unpaired) electrons. The summed E-state index contributed by atoms with van der Waals surface area (Å²) in [6, 6.07) is 8.60. The fraction of sp³-hybridized carbons (Fsp3) is 0. The van der Waals surface area contributed by atoms with Gasteiger partial charge >= 0.3 is 5.63 Å². The van der Waals surface area contributed by atoms with Crippen LogP contribution in [0.5, 0.6) is 5.75 Å². The molecule has 0 aliphatic rings. The minimum Gasteiger partial charge on any atom is -0.504 e. The smallest absolute Gasteiger partial charge is 0.345 e. The first-order valence-corrected chi connectivity index (χ1v) is 6.82. The van der Waals surface area contributed by atoms with Crippen LogP contribution in [0.1, 0.15) is 0 Å². The lowest BCUT2D eigenvalue weighted by Crippen LogP contribution is -2.01. The van der Waals surface area contributed by atoms with Crippen molar-refractivity contribution in [3.05, 3.63) is 50.6 Å². The Morgan fingerprint density at radius 2 is 2.11 bits per heavy atom. The van der Waals surface area contributed by atoms with Gasteiger partial charge < -0.3 is 9.52 Å². The summed E-state index contributed by atoms with van der Waals surface area (Å²) in [6.07, 6.45) is 0. The highest BCUT2D eigenvalue weighted by Gasteiger charge is 2.11. The number of aromatic hydroxyl groups is 1. The predicted molar refractivity (Wildman–Crippen MR) is 75.2 cm³/mol. The van der Waals surface area contributed by atoms with E-state index in [1.807, 2.05) is 11.4 Å². The van der Waals surface area contributed by atoms with Crippen LogP contribution in [0.3, 0.4) is 0 Å². The average Bonchev–Trinajstić information content (AvgIpc) is 2.76. The third-order valence-corrected chi connectivity index (χ3v) is 4.30. The second-order valence-corrected chi connectivity index (χ2v) is 5.60. The van der Waals surface area contributed by atoms with Crippen LogP contribution < -0.4 is 5.63 Å². The van der Waals surface area contributed by atoms with E-state index in [1.54, 1.807) is 18.2 Å². The molecule has 3 nitrogen and oxygen atoms in total. The van der Waals surface area contributed by atoms with Gasteiger partial charge in [-0.1, -0.05) is 12.1 Å². The van der Waals surface area contributed by atoms with Crippen molar-refractivity contribution in [3.8, 4) is 16.2 Å². The summed E-state index contributed by atoms with van der Waals surface area (Å²) in [5.74, 6) is -0.0245. The van der Waals surface area contributed by atoms with Gasteiger partial charge in [0.05, 0.1) is 5.56 Å². The molecule has 0 unspecified atom stereocenters. The highest BCUT2D eigenvalue weighted by molar-refractivity contribution is 9.10. The van der Waals surface area contributed by atoms with Crippen molar-refractivity contribution < 1.29 is 9.52 Å². The van der Waals surface area contributed by atoms with Crippen molar-refractivity contribution in [2.45, 2.75) is 0 Å². The van der Waals surface area contributed by atoms with Crippen LogP contribution in [0, 0.1) is 0 Å². The molecular weight excluding hydrogens is 316 g/mol. The Bertz CT molecular complexity index is 788. The maximum absolute atomic E-state index is 11.9. The van der Waals surface area contributed by atoms with Crippen molar-refractivity contribution in [1.82, 2.24) is 0 Å². The molecule has 0 amide bonds. The standard InChI is InChI=1S/C13H7BrO3S/c14-8-5-11(18-6-8)9-4-7-2-1-3-10(15)12(7)17-13(9)16/h1-6,15H. The van der Waals surface area contributed by atoms with Crippen molar-refractivity contribution in [1.29, 1.82) is 0 Å². The normalized spacial score (nSPS) is 10.9. The quantitative estimate of drug-likeness (QED) is 0.689. The van der Waals surface area contributed by atoms with Crippen molar-refractivity contribution in [2.24, 2.45) is 0 Å². The third-order valence-electron chi connectivity index (χ3n) is 2.57. The second-order valence-electron chi connectivity index (χ2n) is 3.77. The van der Waals surface area contributed by atoms with Crippen LogP contribution in [0.25, 0.3) is 21.4 Å². The van der Waals surface area contributed by atoms with Gasteiger partial charge in [-0.15, -0.1) is 11.3 Å². The number of phenols is 1. The first kappa shape index (κ1) is 11.5. The molecule has 0 aliphatic carbocycles. The molecule has 2 heterocycles. The number of fused-ring (bicyclic) bond motifs is 1. The maximum atomic E-state index is 11.9. The number of benzene rings is 1. The Kier molecular flexibility index (Phi) is 2.72. The van der Waals surface area contributed by atoms with Gasteiger partial charge in [-0.25, -0.2) is 4.79 Å². The first-order valence-electron chi connectivity index (χ1n) is 5.15. The molecule has 1 N–H and O–H groups in total. The second kappa shape index (κ2) is 4.26. The molecule has 0 saturated heterocycles. The summed E-state index contributed by atoms with van der Waals surface area (Å²) in [7, 11) is 0. The number of hydrogen-bond acceptors (Lipinski definition) is 4. The van der Waals surface area contributed by atoms with Gasteiger partial charge in [0.2, 0.25) is 0 Å². The third kappa shape index (κ3) is 1.85. The fourth-order valence-corrected chi connectivity index (χ4v) is 3.19. The molecule has 3 aromatic rings. The van der Waals surface area contributed by atoms with E-state index in [4.69, 9.17) is 4.42 Å². The molecule has 0 atom stereocenters. The summed E-state index contributed by atoms with van der Waals surface area (Å²) in [4.78, 5) is 12.7. The summed E-state index contributed by atoms with van der Waals surface area (Å²) in [6.45, 7) is 0. The molecule has 90 valence electrons. The van der Waals surface area contributed by atoms with Crippen LogP contribution in [0.2, 0.25) is 0 Å². The fourth-order valence-electron chi connectivity index (χ4n) is 1.76. The van der Waals surface area contributed by atoms with Crippen molar-refractivity contribution in [3.63, 3.8) is 0 Å². The molecule has 5 heteroatoms. The molecule has 0 fully saturated rings. The Morgan fingerprint density at radius 3 is 2.83 bits per heavy atom. The van der Waals surface area contributed by atoms with E-state index in [-0.39, 0.29) is 11.3 Å². The molecular formula is C13H7BrO3S. The van der Waals surface area contributed by atoms with Gasteiger partial charge in [0.15, 0.2) is 11.3 Å². The number of thiophene rings is 1. The Balaban J connectivity index is 2.32. The van der Waals surface area contributed by atoms with Gasteiger partial charge in [-0.3, -0.25) is 0 Å². The van der Waals surface area contributed by atoms with Gasteiger partial charge in [-0.05, 0) is 34.1 Å². The molecule has 0 saturated carbocycles. The van der Waals surface area contributed by atoms with Crippen molar-refractivity contribution in [2.75, 3.05) is 0 Å². The van der Waals surface area contributed by atoms with Gasteiger partial charge in [0.1, 0.15) is 0 Å². The predicted octanol–water partition coefficient (Wildman–Crippen LogP) is 3.99. The highest BCUT2D eigenvalue weighted by atomic mass is 79.9. The van der Waals surface area contributed by atoms with Crippen LogP contribution in [0.15, 0.2) is 49.4 Å². The lowest BCUT2D eigenvalue weighted by Gasteiger charge is -2.01. The number of halogens is 1.